The highest BCUT2D eigenvalue weighted by Gasteiger charge is 2.07. The number of rotatable bonds is 3. The fraction of sp³-hybridized carbons (Fsp3) is 0.300. The predicted octanol–water partition coefficient (Wildman–Crippen LogP) is 1.16. The summed E-state index contributed by atoms with van der Waals surface area (Å²) in [7, 11) is 0. The summed E-state index contributed by atoms with van der Waals surface area (Å²) in [4.78, 5) is 4.40. The van der Waals surface area contributed by atoms with Crippen LogP contribution in [0.25, 0.3) is 10.2 Å². The second kappa shape index (κ2) is 4.04. The summed E-state index contributed by atoms with van der Waals surface area (Å²) in [5.74, 6) is 0. The summed E-state index contributed by atoms with van der Waals surface area (Å²) >= 11 is 1.61. The number of fused-ring (bicyclic) bond motifs is 1. The van der Waals surface area contributed by atoms with Gasteiger partial charge in [-0.25, -0.2) is 4.98 Å². The smallest absolute Gasteiger partial charge is 0.0964 e. The van der Waals surface area contributed by atoms with Gasteiger partial charge in [0.05, 0.1) is 21.3 Å². The van der Waals surface area contributed by atoms with Crippen molar-refractivity contribution in [2.45, 2.75) is 12.5 Å². The van der Waals surface area contributed by atoms with Crippen molar-refractivity contribution in [1.82, 2.24) is 4.98 Å². The van der Waals surface area contributed by atoms with Crippen molar-refractivity contribution in [3.8, 4) is 0 Å². The van der Waals surface area contributed by atoms with Crippen molar-refractivity contribution >= 4 is 21.6 Å². The third-order valence-corrected chi connectivity index (χ3v) is 3.08. The number of nitrogens with two attached hydrogens (primary N) is 1. The average Bonchev–Trinajstić information content (AvgIpc) is 2.59. The number of nitrogens with zero attached hydrogens (tertiary/aromatic N) is 1. The zero-order valence-corrected chi connectivity index (χ0v) is 8.50. The third-order valence-electron chi connectivity index (χ3n) is 2.02. The molecule has 1 aromatic heterocycles. The monoisotopic (exact) mass is 208 g/mol. The zero-order chi connectivity index (χ0) is 9.97. The van der Waals surface area contributed by atoms with Crippen LogP contribution in [0, 0.1) is 0 Å². The van der Waals surface area contributed by atoms with Crippen molar-refractivity contribution in [1.29, 1.82) is 0 Å². The van der Waals surface area contributed by atoms with E-state index in [1.807, 2.05) is 24.3 Å². The molecule has 3 N–H and O–H groups in total. The molecule has 1 unspecified atom stereocenters. The summed E-state index contributed by atoms with van der Waals surface area (Å²) in [5, 5.41) is 10.3. The molecule has 0 radical (unpaired) electrons. The van der Waals surface area contributed by atoms with Gasteiger partial charge in [-0.15, -0.1) is 11.3 Å². The van der Waals surface area contributed by atoms with E-state index in [4.69, 9.17) is 5.73 Å². The van der Waals surface area contributed by atoms with Gasteiger partial charge < -0.3 is 10.8 Å². The Bertz CT molecular complexity index is 394. The number of benzene rings is 1. The van der Waals surface area contributed by atoms with Crippen molar-refractivity contribution in [3.05, 3.63) is 29.3 Å². The van der Waals surface area contributed by atoms with Crippen LogP contribution in [-0.4, -0.2) is 22.7 Å². The lowest BCUT2D eigenvalue weighted by atomic mass is 10.3. The van der Waals surface area contributed by atoms with Gasteiger partial charge in [0.25, 0.3) is 0 Å². The number of aliphatic hydroxyl groups is 1. The Labute approximate surface area is 86.2 Å². The SMILES string of the molecule is NCC(O)Cc1nc2ccccc2s1. The standard InChI is InChI=1S/C10H12N2OS/c11-6-7(13)5-10-12-8-3-1-2-4-9(8)14-10/h1-4,7,13H,5-6,11H2. The molecule has 0 amide bonds. The van der Waals surface area contributed by atoms with Crippen LogP contribution in [0.15, 0.2) is 24.3 Å². The van der Waals surface area contributed by atoms with Gasteiger partial charge in [-0.1, -0.05) is 12.1 Å². The van der Waals surface area contributed by atoms with Crippen LogP contribution in [0.5, 0.6) is 0 Å². The summed E-state index contributed by atoms with van der Waals surface area (Å²) in [6, 6.07) is 7.96. The van der Waals surface area contributed by atoms with E-state index in [1.165, 1.54) is 0 Å². The molecule has 0 aliphatic heterocycles. The van der Waals surface area contributed by atoms with E-state index in [9.17, 15) is 5.11 Å². The minimum Gasteiger partial charge on any atom is -0.391 e. The van der Waals surface area contributed by atoms with E-state index in [2.05, 4.69) is 4.98 Å². The van der Waals surface area contributed by atoms with Gasteiger partial charge >= 0.3 is 0 Å². The molecule has 4 heteroatoms. The first-order valence-electron chi connectivity index (χ1n) is 4.52. The van der Waals surface area contributed by atoms with Crippen LogP contribution in [0.1, 0.15) is 5.01 Å². The summed E-state index contributed by atoms with van der Waals surface area (Å²) in [6.07, 6.45) is 0.0751. The molecular weight excluding hydrogens is 196 g/mol. The molecule has 2 rings (SSSR count). The van der Waals surface area contributed by atoms with Crippen LogP contribution in [0.4, 0.5) is 0 Å². The molecule has 14 heavy (non-hydrogen) atoms. The molecule has 3 nitrogen and oxygen atoms in total. The lowest BCUT2D eigenvalue weighted by Crippen LogP contribution is -2.21. The molecule has 74 valence electrons. The first-order chi connectivity index (χ1) is 6.79. The van der Waals surface area contributed by atoms with E-state index in [1.54, 1.807) is 11.3 Å². The fourth-order valence-electron chi connectivity index (χ4n) is 1.29. The van der Waals surface area contributed by atoms with E-state index >= 15 is 0 Å². The normalized spacial score (nSPS) is 13.3. The maximum absolute atomic E-state index is 9.38. The van der Waals surface area contributed by atoms with Gasteiger partial charge in [0.2, 0.25) is 0 Å². The van der Waals surface area contributed by atoms with Crippen molar-refractivity contribution in [2.75, 3.05) is 6.54 Å². The van der Waals surface area contributed by atoms with Gasteiger partial charge in [-0.3, -0.25) is 0 Å². The van der Waals surface area contributed by atoms with E-state index in [-0.39, 0.29) is 6.54 Å². The lowest BCUT2D eigenvalue weighted by Gasteiger charge is -2.02. The van der Waals surface area contributed by atoms with Crippen molar-refractivity contribution in [3.63, 3.8) is 0 Å². The molecule has 0 saturated carbocycles. The lowest BCUT2D eigenvalue weighted by molar-refractivity contribution is 0.183. The van der Waals surface area contributed by atoms with Crippen molar-refractivity contribution < 1.29 is 5.11 Å². The van der Waals surface area contributed by atoms with E-state index in [0.29, 0.717) is 6.42 Å². The third kappa shape index (κ3) is 1.92. The first-order valence-corrected chi connectivity index (χ1v) is 5.34. The van der Waals surface area contributed by atoms with Crippen LogP contribution in [0.2, 0.25) is 0 Å². The Morgan fingerprint density at radius 3 is 2.93 bits per heavy atom. The average molecular weight is 208 g/mol. The molecular formula is C10H12N2OS. The van der Waals surface area contributed by atoms with E-state index in [0.717, 1.165) is 15.2 Å². The zero-order valence-electron chi connectivity index (χ0n) is 7.68. The predicted molar refractivity (Wildman–Crippen MR) is 58.4 cm³/mol. The Morgan fingerprint density at radius 1 is 1.43 bits per heavy atom. The van der Waals surface area contributed by atoms with E-state index < -0.39 is 6.10 Å². The minimum atomic E-state index is -0.476. The van der Waals surface area contributed by atoms with Gasteiger partial charge in [-0.05, 0) is 12.1 Å². The fourth-order valence-corrected chi connectivity index (χ4v) is 2.33. The Morgan fingerprint density at radius 2 is 2.21 bits per heavy atom. The molecule has 0 bridgehead atoms. The van der Waals surface area contributed by atoms with Crippen molar-refractivity contribution in [2.24, 2.45) is 5.73 Å². The maximum Gasteiger partial charge on any atom is 0.0964 e. The molecule has 1 atom stereocenters. The highest BCUT2D eigenvalue weighted by atomic mass is 32.1. The van der Waals surface area contributed by atoms with Crippen LogP contribution in [0.3, 0.4) is 0 Å². The summed E-state index contributed by atoms with van der Waals surface area (Å²) in [5.41, 5.74) is 6.34. The number of aromatic nitrogens is 1. The van der Waals surface area contributed by atoms with Crippen LogP contribution >= 0.6 is 11.3 Å². The second-order valence-corrected chi connectivity index (χ2v) is 4.28. The Balaban J connectivity index is 2.27. The largest absolute Gasteiger partial charge is 0.391 e. The highest BCUT2D eigenvalue weighted by Crippen LogP contribution is 2.22. The van der Waals surface area contributed by atoms with Gasteiger partial charge in [-0.2, -0.15) is 0 Å². The quantitative estimate of drug-likeness (QED) is 0.795. The molecule has 0 spiro atoms. The topological polar surface area (TPSA) is 59.1 Å². The first kappa shape index (κ1) is 9.58. The maximum atomic E-state index is 9.38. The molecule has 0 aliphatic rings. The molecule has 1 aromatic carbocycles. The molecule has 1 heterocycles. The van der Waals surface area contributed by atoms with Gasteiger partial charge in [0.15, 0.2) is 0 Å². The number of hydrogen-bond donors (Lipinski definition) is 2. The van der Waals surface area contributed by atoms with Crippen LogP contribution in [-0.2, 0) is 6.42 Å². The van der Waals surface area contributed by atoms with Crippen LogP contribution < -0.4 is 5.73 Å². The number of hydrogen-bond acceptors (Lipinski definition) is 4. The molecule has 0 saturated heterocycles. The van der Waals surface area contributed by atoms with Gasteiger partial charge in [0.1, 0.15) is 0 Å². The van der Waals surface area contributed by atoms with Gasteiger partial charge in [0, 0.05) is 13.0 Å². The highest BCUT2D eigenvalue weighted by molar-refractivity contribution is 7.18. The number of para-hydroxylation sites is 1. The Kier molecular flexibility index (Phi) is 2.77. The second-order valence-electron chi connectivity index (χ2n) is 3.17. The number of thiazole rings is 1. The molecule has 0 fully saturated rings. The molecule has 2 aromatic rings. The number of aliphatic hydroxyl groups excluding tert-OH is 1. The summed E-state index contributed by atoms with van der Waals surface area (Å²) in [6.45, 7) is 0.288. The minimum absolute atomic E-state index is 0.288. The Hall–Kier alpha value is -0.970. The summed E-state index contributed by atoms with van der Waals surface area (Å²) < 4.78 is 1.16. The molecule has 0 aliphatic carbocycles.